The number of aromatic nitrogens is 3. The second-order valence-corrected chi connectivity index (χ2v) is 7.71. The van der Waals surface area contributed by atoms with E-state index in [2.05, 4.69) is 26.1 Å². The van der Waals surface area contributed by atoms with Crippen molar-refractivity contribution < 1.29 is 13.9 Å². The van der Waals surface area contributed by atoms with Gasteiger partial charge >= 0.3 is 5.97 Å². The molecule has 4 rings (SSSR count). The number of hydrogen-bond acceptors (Lipinski definition) is 7. The van der Waals surface area contributed by atoms with E-state index in [9.17, 15) is 4.79 Å². The molecule has 0 atom stereocenters. The van der Waals surface area contributed by atoms with Crippen LogP contribution >= 0.6 is 11.6 Å². The first-order valence-electron chi connectivity index (χ1n) is 9.80. The van der Waals surface area contributed by atoms with Gasteiger partial charge in [-0.15, -0.1) is 10.2 Å². The fourth-order valence-electron chi connectivity index (χ4n) is 3.62. The number of methoxy groups -OCH3 is 1. The monoisotopic (exact) mass is 429 g/mol. The standard InChI is InChI=1S/C21H24ClN5O3/c1-25-17(7-8-18(25)21(28)29-2)20-24-23-19(30-20)14-27-11-9-26(10-12-27)13-15-5-3-4-6-16(15)22/h3-8H,9-14H2,1-2H3. The average molecular weight is 430 g/mol. The zero-order chi connectivity index (χ0) is 21.1. The predicted octanol–water partition coefficient (Wildman–Crippen LogP) is 2.83. The lowest BCUT2D eigenvalue weighted by molar-refractivity contribution is 0.0590. The van der Waals surface area contributed by atoms with Crippen molar-refractivity contribution in [1.29, 1.82) is 0 Å². The lowest BCUT2D eigenvalue weighted by Crippen LogP contribution is -2.45. The van der Waals surface area contributed by atoms with Gasteiger partial charge in [0.05, 0.1) is 13.7 Å². The quantitative estimate of drug-likeness (QED) is 0.557. The number of hydrogen-bond donors (Lipinski definition) is 0. The molecule has 0 bridgehead atoms. The van der Waals surface area contributed by atoms with Gasteiger partial charge in [0.2, 0.25) is 5.89 Å². The SMILES string of the molecule is COC(=O)c1ccc(-c2nnc(CN3CCN(Cc4ccccc4Cl)CC3)o2)n1C. The molecule has 158 valence electrons. The highest BCUT2D eigenvalue weighted by atomic mass is 35.5. The first-order chi connectivity index (χ1) is 14.5. The molecule has 1 saturated heterocycles. The average Bonchev–Trinajstić information content (AvgIpc) is 3.37. The smallest absolute Gasteiger partial charge is 0.354 e. The third-order valence-corrected chi connectivity index (χ3v) is 5.75. The van der Waals surface area contributed by atoms with E-state index < -0.39 is 5.97 Å². The number of nitrogens with zero attached hydrogens (tertiary/aromatic N) is 5. The zero-order valence-corrected chi connectivity index (χ0v) is 17.8. The molecule has 0 N–H and O–H groups in total. The Labute approximate surface area is 180 Å². The molecular weight excluding hydrogens is 406 g/mol. The Morgan fingerprint density at radius 2 is 1.77 bits per heavy atom. The Hall–Kier alpha value is -2.68. The van der Waals surface area contributed by atoms with Crippen molar-refractivity contribution in [3.05, 3.63) is 58.6 Å². The number of piperazine rings is 1. The second kappa shape index (κ2) is 8.99. The fraction of sp³-hybridized carbons (Fsp3) is 0.381. The van der Waals surface area contributed by atoms with E-state index >= 15 is 0 Å². The molecule has 3 heterocycles. The summed E-state index contributed by atoms with van der Waals surface area (Å²) in [6.45, 7) is 5.19. The van der Waals surface area contributed by atoms with E-state index in [1.165, 1.54) is 7.11 Å². The lowest BCUT2D eigenvalue weighted by atomic mass is 10.2. The van der Waals surface area contributed by atoms with Gasteiger partial charge in [-0.05, 0) is 23.8 Å². The zero-order valence-electron chi connectivity index (χ0n) is 17.0. The maximum absolute atomic E-state index is 11.8. The molecule has 0 unspecified atom stereocenters. The summed E-state index contributed by atoms with van der Waals surface area (Å²) in [5.41, 5.74) is 2.27. The molecule has 1 aromatic carbocycles. The molecule has 0 radical (unpaired) electrons. The number of halogens is 1. The van der Waals surface area contributed by atoms with Crippen LogP contribution in [0.1, 0.15) is 21.9 Å². The number of rotatable bonds is 6. The number of carbonyl (C=O) groups is 1. The highest BCUT2D eigenvalue weighted by Crippen LogP contribution is 2.22. The third-order valence-electron chi connectivity index (χ3n) is 5.38. The molecule has 8 nitrogen and oxygen atoms in total. The van der Waals surface area contributed by atoms with E-state index in [4.69, 9.17) is 20.8 Å². The summed E-state index contributed by atoms with van der Waals surface area (Å²) >= 11 is 6.28. The van der Waals surface area contributed by atoms with Gasteiger partial charge in [-0.2, -0.15) is 0 Å². The van der Waals surface area contributed by atoms with Crippen LogP contribution in [0.4, 0.5) is 0 Å². The van der Waals surface area contributed by atoms with Crippen LogP contribution < -0.4 is 0 Å². The van der Waals surface area contributed by atoms with E-state index in [1.54, 1.807) is 23.7 Å². The number of benzene rings is 1. The normalized spacial score (nSPS) is 15.4. The van der Waals surface area contributed by atoms with E-state index in [0.717, 1.165) is 43.3 Å². The predicted molar refractivity (Wildman–Crippen MR) is 112 cm³/mol. The molecule has 30 heavy (non-hydrogen) atoms. The third kappa shape index (κ3) is 4.40. The summed E-state index contributed by atoms with van der Waals surface area (Å²) in [6.07, 6.45) is 0. The van der Waals surface area contributed by atoms with Gasteiger partial charge in [-0.1, -0.05) is 29.8 Å². The maximum Gasteiger partial charge on any atom is 0.354 e. The lowest BCUT2D eigenvalue weighted by Gasteiger charge is -2.34. The minimum atomic E-state index is -0.404. The van der Waals surface area contributed by atoms with Crippen LogP contribution in [0.3, 0.4) is 0 Å². The summed E-state index contributed by atoms with van der Waals surface area (Å²) in [6, 6.07) is 11.4. The molecule has 0 spiro atoms. The summed E-state index contributed by atoms with van der Waals surface area (Å²) in [7, 11) is 3.12. The van der Waals surface area contributed by atoms with Crippen LogP contribution in [-0.2, 0) is 24.9 Å². The Balaban J connectivity index is 1.34. The second-order valence-electron chi connectivity index (χ2n) is 7.30. The van der Waals surface area contributed by atoms with E-state index in [1.807, 2.05) is 18.2 Å². The van der Waals surface area contributed by atoms with Gasteiger partial charge in [-0.25, -0.2) is 4.79 Å². The Kier molecular flexibility index (Phi) is 6.17. The van der Waals surface area contributed by atoms with Gasteiger partial charge in [0.1, 0.15) is 11.4 Å². The molecule has 0 saturated carbocycles. The van der Waals surface area contributed by atoms with Gasteiger partial charge in [0, 0.05) is 44.8 Å². The van der Waals surface area contributed by atoms with Crippen molar-refractivity contribution >= 4 is 17.6 Å². The van der Waals surface area contributed by atoms with Crippen molar-refractivity contribution in [1.82, 2.24) is 24.6 Å². The van der Waals surface area contributed by atoms with Gasteiger partial charge in [0.25, 0.3) is 5.89 Å². The van der Waals surface area contributed by atoms with Crippen LogP contribution in [0.2, 0.25) is 5.02 Å². The van der Waals surface area contributed by atoms with Gasteiger partial charge in [0.15, 0.2) is 0 Å². The van der Waals surface area contributed by atoms with E-state index in [-0.39, 0.29) is 0 Å². The summed E-state index contributed by atoms with van der Waals surface area (Å²) in [4.78, 5) is 16.5. The fourth-order valence-corrected chi connectivity index (χ4v) is 3.82. The minimum absolute atomic E-state index is 0.389. The molecule has 1 fully saturated rings. The van der Waals surface area contributed by atoms with Crippen molar-refractivity contribution in [2.45, 2.75) is 13.1 Å². The molecule has 1 aliphatic heterocycles. The summed E-state index contributed by atoms with van der Waals surface area (Å²) in [5, 5.41) is 9.15. The number of carbonyl (C=O) groups excluding carboxylic acids is 1. The summed E-state index contributed by atoms with van der Waals surface area (Å²) < 4.78 is 12.3. The van der Waals surface area contributed by atoms with Crippen molar-refractivity contribution in [3.63, 3.8) is 0 Å². The first-order valence-corrected chi connectivity index (χ1v) is 10.2. The van der Waals surface area contributed by atoms with Crippen LogP contribution in [0.15, 0.2) is 40.8 Å². The molecule has 0 amide bonds. The first kappa shape index (κ1) is 20.6. The maximum atomic E-state index is 11.8. The van der Waals surface area contributed by atoms with Crippen molar-refractivity contribution in [3.8, 4) is 11.6 Å². The number of ether oxygens (including phenoxy) is 1. The van der Waals surface area contributed by atoms with Crippen molar-refractivity contribution in [2.75, 3.05) is 33.3 Å². The Morgan fingerprint density at radius 1 is 1.07 bits per heavy atom. The molecular formula is C21H24ClN5O3. The number of esters is 1. The van der Waals surface area contributed by atoms with Crippen LogP contribution in [-0.4, -0.2) is 63.8 Å². The Morgan fingerprint density at radius 3 is 2.47 bits per heavy atom. The van der Waals surface area contributed by atoms with Crippen molar-refractivity contribution in [2.24, 2.45) is 7.05 Å². The van der Waals surface area contributed by atoms with Gasteiger partial charge in [-0.3, -0.25) is 9.80 Å². The van der Waals surface area contributed by atoms with Gasteiger partial charge < -0.3 is 13.7 Å². The molecule has 2 aromatic heterocycles. The van der Waals surface area contributed by atoms with Crippen LogP contribution in [0.5, 0.6) is 0 Å². The molecule has 0 aliphatic carbocycles. The minimum Gasteiger partial charge on any atom is -0.464 e. The highest BCUT2D eigenvalue weighted by molar-refractivity contribution is 6.31. The molecule has 1 aliphatic rings. The van der Waals surface area contributed by atoms with Crippen LogP contribution in [0.25, 0.3) is 11.6 Å². The summed E-state index contributed by atoms with van der Waals surface area (Å²) in [5.74, 6) is 0.545. The Bertz CT molecular complexity index is 1020. The molecule has 9 heteroatoms. The van der Waals surface area contributed by atoms with E-state index in [0.29, 0.717) is 29.7 Å². The largest absolute Gasteiger partial charge is 0.464 e. The highest BCUT2D eigenvalue weighted by Gasteiger charge is 2.21. The van der Waals surface area contributed by atoms with Crippen LogP contribution in [0, 0.1) is 0 Å². The topological polar surface area (TPSA) is 76.6 Å². The molecule has 3 aromatic rings.